The van der Waals surface area contributed by atoms with Crippen LogP contribution in [0.1, 0.15) is 91.0 Å². The second-order valence-electron chi connectivity index (χ2n) is 19.2. The number of ether oxygens (including phenoxy) is 8. The molecule has 3 unspecified atom stereocenters. The van der Waals surface area contributed by atoms with Crippen LogP contribution in [0.2, 0.25) is 0 Å². The molecule has 0 spiro atoms. The summed E-state index contributed by atoms with van der Waals surface area (Å²) in [4.78, 5) is 31.4. The summed E-state index contributed by atoms with van der Waals surface area (Å²) in [5.74, 6) is -3.07. The second-order valence-corrected chi connectivity index (χ2v) is 19.2. The number of carbonyl (C=O) groups excluding carboxylic acids is 2. The zero-order valence-electron chi connectivity index (χ0n) is 38.5. The summed E-state index contributed by atoms with van der Waals surface area (Å²) in [7, 11) is 8.96. The van der Waals surface area contributed by atoms with Crippen LogP contribution < -0.4 is 5.32 Å². The average Bonchev–Trinajstić information content (AvgIpc) is 3.83. The fraction of sp³-hybridized carbons (Fsp3) is 0.792. The Hall–Kier alpha value is -2.53. The minimum absolute atomic E-state index is 0.0341. The number of cyclic esters (lactones) is 1. The number of aliphatic hydroxyl groups excluding tert-OH is 1. The van der Waals surface area contributed by atoms with Crippen molar-refractivity contribution in [3.8, 4) is 0 Å². The average molecular weight is 873 g/mol. The third-order valence-electron chi connectivity index (χ3n) is 15.4. The fourth-order valence-electron chi connectivity index (χ4n) is 12.2. The molecule has 3 saturated heterocycles. The molecule has 62 heavy (non-hydrogen) atoms. The number of para-hydroxylation sites is 1. The Bertz CT molecular complexity index is 1710. The van der Waals surface area contributed by atoms with Gasteiger partial charge in [0, 0.05) is 39.2 Å². The van der Waals surface area contributed by atoms with Gasteiger partial charge in [0.25, 0.3) is 0 Å². The lowest BCUT2D eigenvalue weighted by Gasteiger charge is -2.48. The number of hydrogen-bond acceptors (Lipinski definition) is 13. The third kappa shape index (κ3) is 9.56. The minimum Gasteiger partial charge on any atom is -0.462 e. The molecular formula is C48H73FN2O11. The van der Waals surface area contributed by atoms with Gasteiger partial charge >= 0.3 is 5.97 Å². The first-order valence-electron chi connectivity index (χ1n) is 23.2. The lowest BCUT2D eigenvalue weighted by molar-refractivity contribution is -0.314. The predicted molar refractivity (Wildman–Crippen MR) is 230 cm³/mol. The molecule has 0 aromatic heterocycles. The van der Waals surface area contributed by atoms with Crippen molar-refractivity contribution in [1.82, 2.24) is 4.90 Å². The monoisotopic (exact) mass is 873 g/mol. The van der Waals surface area contributed by atoms with E-state index in [-0.39, 0.29) is 72.5 Å². The number of aryl methyl sites for hydroxylation is 1. The van der Waals surface area contributed by atoms with Gasteiger partial charge in [0.1, 0.15) is 30.2 Å². The van der Waals surface area contributed by atoms with E-state index in [9.17, 15) is 9.90 Å². The number of allylic oxidation sites excluding steroid dienone is 2. The molecule has 14 heteroatoms. The number of aliphatic hydroxyl groups is 1. The van der Waals surface area contributed by atoms with Crippen LogP contribution in [0, 0.1) is 48.2 Å². The minimum atomic E-state index is -0.962. The summed E-state index contributed by atoms with van der Waals surface area (Å²) < 4.78 is 65.7. The molecule has 19 atom stereocenters. The number of methoxy groups -OCH3 is 3. The molecule has 1 aromatic rings. The topological polar surface area (TPSA) is 143 Å². The Morgan fingerprint density at radius 2 is 1.63 bits per heavy atom. The van der Waals surface area contributed by atoms with Crippen molar-refractivity contribution in [1.29, 1.82) is 0 Å². The molecule has 2 saturated carbocycles. The van der Waals surface area contributed by atoms with Crippen molar-refractivity contribution in [2.75, 3.05) is 40.7 Å². The van der Waals surface area contributed by atoms with Gasteiger partial charge in [-0.1, -0.05) is 32.1 Å². The molecular weight excluding hydrogens is 800 g/mol. The summed E-state index contributed by atoms with van der Waals surface area (Å²) in [6.45, 7) is 9.79. The van der Waals surface area contributed by atoms with Crippen LogP contribution in [0.5, 0.6) is 0 Å². The van der Waals surface area contributed by atoms with Gasteiger partial charge in [0.2, 0.25) is 0 Å². The number of hydrogen-bond donors (Lipinski definition) is 2. The summed E-state index contributed by atoms with van der Waals surface area (Å²) in [5, 5.41) is 16.1. The Kier molecular flexibility index (Phi) is 15.6. The highest BCUT2D eigenvalue weighted by atomic mass is 19.1. The molecule has 0 bridgehead atoms. The van der Waals surface area contributed by atoms with Gasteiger partial charge < -0.3 is 53.2 Å². The van der Waals surface area contributed by atoms with E-state index in [1.807, 2.05) is 33.8 Å². The maximum absolute atomic E-state index is 15.7. The van der Waals surface area contributed by atoms with Crippen LogP contribution in [0.15, 0.2) is 29.8 Å². The number of nitrogens with one attached hydrogen (secondary N) is 1. The largest absolute Gasteiger partial charge is 0.462 e. The van der Waals surface area contributed by atoms with Crippen LogP contribution in [0.4, 0.5) is 10.1 Å². The van der Waals surface area contributed by atoms with E-state index in [2.05, 4.69) is 37.3 Å². The molecule has 3 aliphatic carbocycles. The van der Waals surface area contributed by atoms with E-state index in [0.29, 0.717) is 48.9 Å². The van der Waals surface area contributed by atoms with Crippen molar-refractivity contribution in [3.05, 3.63) is 41.2 Å². The number of anilines is 1. The summed E-state index contributed by atoms with van der Waals surface area (Å²) >= 11 is 0. The number of likely N-dealkylation sites (N-methyl/N-ethyl adjacent to an activating group) is 1. The van der Waals surface area contributed by atoms with Gasteiger partial charge in [0.15, 0.2) is 18.4 Å². The lowest BCUT2D eigenvalue weighted by atomic mass is 9.62. The lowest BCUT2D eigenvalue weighted by Crippen LogP contribution is -2.59. The van der Waals surface area contributed by atoms with E-state index in [1.54, 1.807) is 27.4 Å². The third-order valence-corrected chi connectivity index (χ3v) is 15.4. The molecule has 6 aliphatic rings. The van der Waals surface area contributed by atoms with Gasteiger partial charge in [-0.2, -0.15) is 0 Å². The van der Waals surface area contributed by atoms with Gasteiger partial charge in [0.05, 0.1) is 48.7 Å². The van der Waals surface area contributed by atoms with Gasteiger partial charge in [-0.3, -0.25) is 9.59 Å². The second kappa shape index (κ2) is 20.3. The molecule has 1 aromatic carbocycles. The molecule has 2 N–H and O–H groups in total. The van der Waals surface area contributed by atoms with Crippen molar-refractivity contribution in [3.63, 3.8) is 0 Å². The normalized spacial score (nSPS) is 42.9. The SMILES string of the molecule is CC[C@H]1CCC[C@H](O[C@H]2CC[C@H](N(C)C)C(C)O2)[C@@H](C)C(=O)C2=C[C@H]3[C@@H]4C[C@H](O[C@@H]5OC(C)[C@H](OC)C(OC)[C@@H]5OC)C[C@H]4[C@@H](O)[C@H](Nc4c(C)cccc4F)[C@H]3[C@@H]2CC(=O)O1. The highest BCUT2D eigenvalue weighted by molar-refractivity contribution is 5.99. The maximum atomic E-state index is 15.7. The number of halogens is 1. The van der Waals surface area contributed by atoms with Crippen LogP contribution in [-0.2, 0) is 47.5 Å². The maximum Gasteiger partial charge on any atom is 0.306 e. The van der Waals surface area contributed by atoms with Crippen LogP contribution in [-0.4, -0.2) is 137 Å². The number of fused-ring (bicyclic) bond motifs is 5. The van der Waals surface area contributed by atoms with Crippen LogP contribution >= 0.6 is 0 Å². The molecule has 13 nitrogen and oxygen atoms in total. The first kappa shape index (κ1) is 47.4. The van der Waals surface area contributed by atoms with Gasteiger partial charge in [-0.05, 0) is 127 Å². The van der Waals surface area contributed by atoms with Crippen LogP contribution in [0.3, 0.4) is 0 Å². The Labute approximate surface area is 368 Å². The highest BCUT2D eigenvalue weighted by Gasteiger charge is 2.60. The number of carbonyl (C=O) groups is 2. The molecule has 7 rings (SSSR count). The molecule has 3 heterocycles. The molecule has 0 amide bonds. The van der Waals surface area contributed by atoms with E-state index in [4.69, 9.17) is 37.9 Å². The molecule has 0 radical (unpaired) electrons. The number of esters is 1. The standard InChI is InChI=1S/C48H73FN2O11/c1-11-28-15-13-17-37(62-39-19-18-36(51(6)7)26(4)58-39)25(3)43(53)34-22-31-30-20-29(61-48-47(57-10)46(56-9)45(55-8)27(5)59-48)21-33(30)44(54)42(40(31)32(34)23-38(52)60-28)50-41-24(2)14-12-16-35(41)49/h12,14,16,22,25-33,36-37,39-40,42,44-48,50,54H,11,13,15,17-21,23H2,1-10H3/t25-,26?,27?,28+,29+,30+,31+,32-,33-,36+,37+,39+,40-,42-,44-,45+,46?,47+,48+/m1/s1. The van der Waals surface area contributed by atoms with Gasteiger partial charge in [-0.25, -0.2) is 4.39 Å². The zero-order chi connectivity index (χ0) is 44.6. The Morgan fingerprint density at radius 1 is 0.903 bits per heavy atom. The van der Waals surface area contributed by atoms with Crippen molar-refractivity contribution in [2.24, 2.45) is 35.5 Å². The van der Waals surface area contributed by atoms with Gasteiger partial charge in [-0.15, -0.1) is 0 Å². The van der Waals surface area contributed by atoms with E-state index in [0.717, 1.165) is 19.3 Å². The smallest absolute Gasteiger partial charge is 0.306 e. The number of ketones is 1. The van der Waals surface area contributed by atoms with E-state index >= 15 is 9.18 Å². The summed E-state index contributed by atoms with van der Waals surface area (Å²) in [6, 6.07) is 4.47. The Morgan fingerprint density at radius 3 is 2.29 bits per heavy atom. The number of rotatable bonds is 11. The van der Waals surface area contributed by atoms with Crippen LogP contribution in [0.25, 0.3) is 0 Å². The Balaban J connectivity index is 1.23. The first-order chi connectivity index (χ1) is 29.7. The molecule has 348 valence electrons. The highest BCUT2D eigenvalue weighted by Crippen LogP contribution is 2.58. The quantitative estimate of drug-likeness (QED) is 0.243. The summed E-state index contributed by atoms with van der Waals surface area (Å²) in [5.41, 5.74) is 1.55. The van der Waals surface area contributed by atoms with Crippen molar-refractivity contribution in [2.45, 2.75) is 172 Å². The number of Topliss-reactive ketones (excluding diaryl/α,β-unsaturated/α-hetero) is 1. The van der Waals surface area contributed by atoms with Crippen molar-refractivity contribution < 1.29 is 57.0 Å². The predicted octanol–water partition coefficient (Wildman–Crippen LogP) is 6.22. The fourth-order valence-corrected chi connectivity index (χ4v) is 12.2. The number of benzene rings is 1. The molecule has 3 aliphatic heterocycles. The van der Waals surface area contributed by atoms with E-state index < -0.39 is 66.6 Å². The summed E-state index contributed by atoms with van der Waals surface area (Å²) in [6.07, 6.45) is 2.43. The zero-order valence-corrected chi connectivity index (χ0v) is 38.5. The van der Waals surface area contributed by atoms with E-state index in [1.165, 1.54) is 6.07 Å². The molecule has 5 fully saturated rings. The number of nitrogens with zero attached hydrogens (tertiary/aromatic N) is 1. The first-order valence-corrected chi connectivity index (χ1v) is 23.2. The van der Waals surface area contributed by atoms with Crippen molar-refractivity contribution >= 4 is 17.4 Å².